The molecule has 28 heavy (non-hydrogen) atoms. The lowest BCUT2D eigenvalue weighted by Crippen LogP contribution is -2.34. The number of thiazole rings is 1. The average molecular weight is 421 g/mol. The molecule has 0 unspecified atom stereocenters. The van der Waals surface area contributed by atoms with Gasteiger partial charge in [0.15, 0.2) is 0 Å². The Morgan fingerprint density at radius 2 is 2.04 bits per heavy atom. The van der Waals surface area contributed by atoms with Crippen LogP contribution in [0.15, 0.2) is 23.0 Å². The molecule has 1 saturated heterocycles. The Balaban J connectivity index is 0.00000192. The van der Waals surface area contributed by atoms with Gasteiger partial charge in [-0.2, -0.15) is 0 Å². The van der Waals surface area contributed by atoms with Gasteiger partial charge >= 0.3 is 4.87 Å². The lowest BCUT2D eigenvalue weighted by molar-refractivity contribution is 0.199. The van der Waals surface area contributed by atoms with Gasteiger partial charge in [0.2, 0.25) is 0 Å². The largest absolute Gasteiger partial charge is 0.312 e. The first kappa shape index (κ1) is 19.6. The van der Waals surface area contributed by atoms with Gasteiger partial charge in [-0.1, -0.05) is 17.4 Å². The number of piperidine rings is 1. The molecular formula is C19H25ClN6OS. The molecule has 3 aromatic rings. The Hall–Kier alpha value is -1.74. The molecule has 2 aliphatic rings. The van der Waals surface area contributed by atoms with Crippen LogP contribution in [0, 0.1) is 0 Å². The third kappa shape index (κ3) is 3.50. The molecule has 4 heterocycles. The van der Waals surface area contributed by atoms with Crippen molar-refractivity contribution >= 4 is 34.0 Å². The van der Waals surface area contributed by atoms with Crippen LogP contribution in [0.5, 0.6) is 0 Å². The van der Waals surface area contributed by atoms with Crippen LogP contribution in [0.4, 0.5) is 0 Å². The third-order valence-corrected chi connectivity index (χ3v) is 6.86. The van der Waals surface area contributed by atoms with Crippen molar-refractivity contribution in [3.8, 4) is 0 Å². The molecule has 2 aromatic heterocycles. The van der Waals surface area contributed by atoms with Crippen LogP contribution in [0.1, 0.15) is 36.0 Å². The standard InChI is InChI=1S/C19H24N6OS.ClH/c1-23-15-3-2-13(10-16(15)27-19(23)26)12-24-7-4-14(5-8-24)18-22-21-17-11-20-6-9-25(17)18;/h2-3,10,14,20H,4-9,11-12H2,1H3;1H. The fourth-order valence-electron chi connectivity index (χ4n) is 4.30. The van der Waals surface area contributed by atoms with E-state index in [1.54, 1.807) is 4.57 Å². The van der Waals surface area contributed by atoms with Crippen molar-refractivity contribution in [3.05, 3.63) is 45.1 Å². The molecule has 1 N–H and O–H groups in total. The molecule has 9 heteroatoms. The van der Waals surface area contributed by atoms with E-state index in [4.69, 9.17) is 0 Å². The molecular weight excluding hydrogens is 396 g/mol. The molecule has 0 amide bonds. The highest BCUT2D eigenvalue weighted by atomic mass is 35.5. The summed E-state index contributed by atoms with van der Waals surface area (Å²) in [6.45, 7) is 5.92. The predicted octanol–water partition coefficient (Wildman–Crippen LogP) is 2.10. The van der Waals surface area contributed by atoms with E-state index in [9.17, 15) is 4.79 Å². The first-order chi connectivity index (χ1) is 13.2. The monoisotopic (exact) mass is 420 g/mol. The molecule has 5 rings (SSSR count). The zero-order valence-corrected chi connectivity index (χ0v) is 17.6. The Morgan fingerprint density at radius 1 is 1.21 bits per heavy atom. The van der Waals surface area contributed by atoms with E-state index in [0.717, 1.165) is 68.2 Å². The van der Waals surface area contributed by atoms with Crippen molar-refractivity contribution in [1.29, 1.82) is 0 Å². The van der Waals surface area contributed by atoms with Crippen molar-refractivity contribution in [2.45, 2.75) is 38.4 Å². The van der Waals surface area contributed by atoms with Crippen LogP contribution < -0.4 is 10.2 Å². The van der Waals surface area contributed by atoms with Gasteiger partial charge in [0.25, 0.3) is 0 Å². The zero-order valence-electron chi connectivity index (χ0n) is 15.9. The molecule has 7 nitrogen and oxygen atoms in total. The number of aromatic nitrogens is 4. The minimum atomic E-state index is 0. The summed E-state index contributed by atoms with van der Waals surface area (Å²) in [5, 5.41) is 12.2. The summed E-state index contributed by atoms with van der Waals surface area (Å²) < 4.78 is 5.13. The lowest BCUT2D eigenvalue weighted by atomic mass is 9.95. The summed E-state index contributed by atoms with van der Waals surface area (Å²) in [5.41, 5.74) is 2.31. The second-order valence-electron chi connectivity index (χ2n) is 7.58. The van der Waals surface area contributed by atoms with Gasteiger partial charge < -0.3 is 14.5 Å². The van der Waals surface area contributed by atoms with Crippen LogP contribution in [0.3, 0.4) is 0 Å². The summed E-state index contributed by atoms with van der Waals surface area (Å²) in [5.74, 6) is 2.78. The Labute approximate surface area is 173 Å². The first-order valence-electron chi connectivity index (χ1n) is 9.62. The molecule has 0 bridgehead atoms. The summed E-state index contributed by atoms with van der Waals surface area (Å²) in [6.07, 6.45) is 2.26. The third-order valence-electron chi connectivity index (χ3n) is 5.87. The van der Waals surface area contributed by atoms with E-state index in [-0.39, 0.29) is 17.3 Å². The number of hydrogen-bond donors (Lipinski definition) is 1. The van der Waals surface area contributed by atoms with Gasteiger partial charge in [-0.3, -0.25) is 9.69 Å². The normalized spacial score (nSPS) is 18.2. The highest BCUT2D eigenvalue weighted by Gasteiger charge is 2.27. The van der Waals surface area contributed by atoms with Crippen molar-refractivity contribution < 1.29 is 0 Å². The second kappa shape index (κ2) is 7.94. The van der Waals surface area contributed by atoms with Gasteiger partial charge in [0, 0.05) is 32.6 Å². The fraction of sp³-hybridized carbons (Fsp3) is 0.526. The van der Waals surface area contributed by atoms with Crippen molar-refractivity contribution in [3.63, 3.8) is 0 Å². The van der Waals surface area contributed by atoms with Crippen LogP contribution in [-0.2, 0) is 26.7 Å². The molecule has 1 aromatic carbocycles. The number of likely N-dealkylation sites (tertiary alicyclic amines) is 1. The maximum absolute atomic E-state index is 11.8. The number of rotatable bonds is 3. The van der Waals surface area contributed by atoms with Crippen molar-refractivity contribution in [1.82, 2.24) is 29.5 Å². The number of nitrogens with one attached hydrogen (secondary N) is 1. The SMILES string of the molecule is Cl.Cn1c(=O)sc2cc(CN3CCC(c4nnc5n4CCNC5)CC3)ccc21. The van der Waals surface area contributed by atoms with Crippen molar-refractivity contribution in [2.75, 3.05) is 19.6 Å². The molecule has 150 valence electrons. The molecule has 0 saturated carbocycles. The fourth-order valence-corrected chi connectivity index (χ4v) is 5.24. The summed E-state index contributed by atoms with van der Waals surface area (Å²) in [4.78, 5) is 14.5. The lowest BCUT2D eigenvalue weighted by Gasteiger charge is -2.32. The number of aryl methyl sites for hydroxylation is 1. The van der Waals surface area contributed by atoms with Gasteiger partial charge in [0.05, 0.1) is 16.8 Å². The number of nitrogens with zero attached hydrogens (tertiary/aromatic N) is 5. The van der Waals surface area contributed by atoms with E-state index in [0.29, 0.717) is 5.92 Å². The Bertz CT molecular complexity index is 1030. The van der Waals surface area contributed by atoms with E-state index < -0.39 is 0 Å². The number of benzene rings is 1. The summed E-state index contributed by atoms with van der Waals surface area (Å²) in [7, 11) is 1.84. The molecule has 0 aliphatic carbocycles. The van der Waals surface area contributed by atoms with Crippen molar-refractivity contribution in [2.24, 2.45) is 7.05 Å². The van der Waals surface area contributed by atoms with E-state index in [1.165, 1.54) is 22.7 Å². The Kier molecular flexibility index (Phi) is 5.55. The van der Waals surface area contributed by atoms with E-state index >= 15 is 0 Å². The van der Waals surface area contributed by atoms with E-state index in [2.05, 4.69) is 43.2 Å². The molecule has 0 atom stereocenters. The number of fused-ring (bicyclic) bond motifs is 2. The summed E-state index contributed by atoms with van der Waals surface area (Å²) >= 11 is 1.33. The minimum absolute atomic E-state index is 0. The smallest absolute Gasteiger partial charge is 0.307 e. The zero-order chi connectivity index (χ0) is 18.4. The predicted molar refractivity (Wildman–Crippen MR) is 113 cm³/mol. The molecule has 0 radical (unpaired) electrons. The van der Waals surface area contributed by atoms with Gasteiger partial charge in [-0.05, 0) is 43.6 Å². The van der Waals surface area contributed by atoms with Crippen LogP contribution >= 0.6 is 23.7 Å². The molecule has 1 fully saturated rings. The first-order valence-corrected chi connectivity index (χ1v) is 10.4. The maximum atomic E-state index is 11.8. The highest BCUT2D eigenvalue weighted by molar-refractivity contribution is 7.16. The van der Waals surface area contributed by atoms with Crippen LogP contribution in [-0.4, -0.2) is 43.9 Å². The second-order valence-corrected chi connectivity index (χ2v) is 8.58. The van der Waals surface area contributed by atoms with Gasteiger partial charge in [-0.15, -0.1) is 22.6 Å². The van der Waals surface area contributed by atoms with Crippen LogP contribution in [0.2, 0.25) is 0 Å². The van der Waals surface area contributed by atoms with Crippen LogP contribution in [0.25, 0.3) is 10.2 Å². The molecule has 2 aliphatic heterocycles. The topological polar surface area (TPSA) is 68.0 Å². The van der Waals surface area contributed by atoms with Gasteiger partial charge in [-0.25, -0.2) is 0 Å². The summed E-state index contributed by atoms with van der Waals surface area (Å²) in [6, 6.07) is 6.41. The van der Waals surface area contributed by atoms with E-state index in [1.807, 2.05) is 7.05 Å². The van der Waals surface area contributed by atoms with Gasteiger partial charge in [0.1, 0.15) is 11.6 Å². The Morgan fingerprint density at radius 3 is 2.86 bits per heavy atom. The minimum Gasteiger partial charge on any atom is -0.312 e. The number of hydrogen-bond acceptors (Lipinski definition) is 6. The maximum Gasteiger partial charge on any atom is 0.307 e. The number of halogens is 1. The highest BCUT2D eigenvalue weighted by Crippen LogP contribution is 2.29. The average Bonchev–Trinajstić information content (AvgIpc) is 3.24. The molecule has 0 spiro atoms. The quantitative estimate of drug-likeness (QED) is 0.702.